The molecule has 4 heteroatoms. The molecule has 0 fully saturated rings. The smallest absolute Gasteiger partial charge is 0.122 e. The van der Waals surface area contributed by atoms with Gasteiger partial charge in [-0.05, 0) is 30.3 Å². The van der Waals surface area contributed by atoms with Crippen LogP contribution in [0.15, 0.2) is 41.0 Å². The van der Waals surface area contributed by atoms with Crippen LogP contribution in [-0.4, -0.2) is 0 Å². The fourth-order valence-corrected chi connectivity index (χ4v) is 1.53. The Morgan fingerprint density at radius 3 is 2.94 bits per heavy atom. The van der Waals surface area contributed by atoms with Gasteiger partial charge in [0.15, 0.2) is 0 Å². The van der Waals surface area contributed by atoms with Crippen molar-refractivity contribution in [1.82, 2.24) is 0 Å². The fourth-order valence-electron chi connectivity index (χ4n) is 1.36. The van der Waals surface area contributed by atoms with Gasteiger partial charge in [-0.15, -0.1) is 0 Å². The third-order valence-electron chi connectivity index (χ3n) is 2.14. The number of rotatable bonds is 3. The summed E-state index contributed by atoms with van der Waals surface area (Å²) in [5.74, 6) is 0.809. The molecule has 0 aliphatic heterocycles. The quantitative estimate of drug-likeness (QED) is 0.882. The molecule has 3 nitrogen and oxygen atoms in total. The first kappa shape index (κ1) is 10.6. The highest BCUT2D eigenvalue weighted by Crippen LogP contribution is 2.21. The maximum Gasteiger partial charge on any atom is 0.122 e. The second-order valence-electron chi connectivity index (χ2n) is 3.23. The zero-order chi connectivity index (χ0) is 11.4. The van der Waals surface area contributed by atoms with Crippen molar-refractivity contribution < 1.29 is 4.42 Å². The van der Waals surface area contributed by atoms with E-state index in [4.69, 9.17) is 21.3 Å². The molecule has 1 N–H and O–H groups in total. The van der Waals surface area contributed by atoms with E-state index in [2.05, 4.69) is 11.4 Å². The van der Waals surface area contributed by atoms with Gasteiger partial charge in [-0.1, -0.05) is 11.6 Å². The molecular formula is C12H9ClN2O. The van der Waals surface area contributed by atoms with Crippen LogP contribution in [0.3, 0.4) is 0 Å². The first-order chi connectivity index (χ1) is 7.79. The van der Waals surface area contributed by atoms with Crippen molar-refractivity contribution in [2.45, 2.75) is 6.54 Å². The lowest BCUT2D eigenvalue weighted by Crippen LogP contribution is -2.00. The minimum Gasteiger partial charge on any atom is -0.467 e. The summed E-state index contributed by atoms with van der Waals surface area (Å²) in [6.07, 6.45) is 1.61. The average Bonchev–Trinajstić information content (AvgIpc) is 2.79. The van der Waals surface area contributed by atoms with E-state index in [0.29, 0.717) is 22.8 Å². The van der Waals surface area contributed by atoms with E-state index < -0.39 is 0 Å². The van der Waals surface area contributed by atoms with E-state index >= 15 is 0 Å². The highest BCUT2D eigenvalue weighted by atomic mass is 35.5. The molecule has 0 radical (unpaired) electrons. The van der Waals surface area contributed by atoms with Crippen LogP contribution < -0.4 is 5.32 Å². The Balaban J connectivity index is 2.15. The Hall–Kier alpha value is -1.92. The highest BCUT2D eigenvalue weighted by molar-refractivity contribution is 6.30. The number of furan rings is 1. The van der Waals surface area contributed by atoms with Gasteiger partial charge in [-0.2, -0.15) is 5.26 Å². The highest BCUT2D eigenvalue weighted by Gasteiger charge is 2.03. The van der Waals surface area contributed by atoms with Crippen LogP contribution in [0.4, 0.5) is 5.69 Å². The number of nitriles is 1. The van der Waals surface area contributed by atoms with Gasteiger partial charge in [-0.25, -0.2) is 0 Å². The van der Waals surface area contributed by atoms with Crippen molar-refractivity contribution in [3.8, 4) is 6.07 Å². The van der Waals surface area contributed by atoms with Crippen molar-refractivity contribution in [1.29, 1.82) is 5.26 Å². The van der Waals surface area contributed by atoms with Gasteiger partial charge in [-0.3, -0.25) is 0 Å². The van der Waals surface area contributed by atoms with Crippen molar-refractivity contribution in [2.75, 3.05) is 5.32 Å². The van der Waals surface area contributed by atoms with Crippen LogP contribution in [-0.2, 0) is 6.54 Å². The van der Waals surface area contributed by atoms with E-state index in [1.807, 2.05) is 12.1 Å². The van der Waals surface area contributed by atoms with Gasteiger partial charge in [0.2, 0.25) is 0 Å². The Bertz CT molecular complexity index is 514. The summed E-state index contributed by atoms with van der Waals surface area (Å²) in [5, 5.41) is 12.6. The number of hydrogen-bond acceptors (Lipinski definition) is 3. The van der Waals surface area contributed by atoms with E-state index in [1.54, 1.807) is 24.5 Å². The van der Waals surface area contributed by atoms with Gasteiger partial charge in [0.05, 0.1) is 24.1 Å². The first-order valence-corrected chi connectivity index (χ1v) is 5.13. The van der Waals surface area contributed by atoms with Gasteiger partial charge in [0.1, 0.15) is 11.8 Å². The topological polar surface area (TPSA) is 49.0 Å². The number of anilines is 1. The molecule has 0 bridgehead atoms. The number of benzene rings is 1. The monoisotopic (exact) mass is 232 g/mol. The number of nitrogens with one attached hydrogen (secondary N) is 1. The summed E-state index contributed by atoms with van der Waals surface area (Å²) in [6, 6.07) is 10.9. The molecule has 0 atom stereocenters. The number of halogens is 1. The largest absolute Gasteiger partial charge is 0.467 e. The minimum absolute atomic E-state index is 0.530. The average molecular weight is 233 g/mol. The lowest BCUT2D eigenvalue weighted by atomic mass is 10.2. The molecule has 0 saturated carbocycles. The molecule has 16 heavy (non-hydrogen) atoms. The Morgan fingerprint density at radius 2 is 2.25 bits per heavy atom. The maximum absolute atomic E-state index is 8.91. The molecule has 0 spiro atoms. The van der Waals surface area contributed by atoms with Crippen LogP contribution in [0, 0.1) is 11.3 Å². The molecule has 0 aliphatic rings. The SMILES string of the molecule is N#Cc1ccc(Cl)cc1NCc1ccco1. The van der Waals surface area contributed by atoms with Crippen LogP contribution in [0.5, 0.6) is 0 Å². The van der Waals surface area contributed by atoms with Crippen LogP contribution >= 0.6 is 11.6 Å². The zero-order valence-corrected chi connectivity index (χ0v) is 9.16. The van der Waals surface area contributed by atoms with E-state index in [9.17, 15) is 0 Å². The maximum atomic E-state index is 8.91. The predicted molar refractivity (Wildman–Crippen MR) is 62.2 cm³/mol. The van der Waals surface area contributed by atoms with Crippen LogP contribution in [0.2, 0.25) is 5.02 Å². The third kappa shape index (κ3) is 2.36. The van der Waals surface area contributed by atoms with Crippen molar-refractivity contribution in [2.24, 2.45) is 0 Å². The summed E-state index contributed by atoms with van der Waals surface area (Å²) < 4.78 is 5.18. The van der Waals surface area contributed by atoms with Crippen LogP contribution in [0.25, 0.3) is 0 Å². The summed E-state index contributed by atoms with van der Waals surface area (Å²) in [7, 11) is 0. The summed E-state index contributed by atoms with van der Waals surface area (Å²) >= 11 is 5.86. The predicted octanol–water partition coefficient (Wildman–Crippen LogP) is 3.42. The Labute approximate surface area is 98.3 Å². The minimum atomic E-state index is 0.530. The fraction of sp³-hybridized carbons (Fsp3) is 0.0833. The lowest BCUT2D eigenvalue weighted by molar-refractivity contribution is 0.518. The van der Waals surface area contributed by atoms with Gasteiger partial charge in [0, 0.05) is 5.02 Å². The van der Waals surface area contributed by atoms with E-state index in [0.717, 1.165) is 5.76 Å². The molecule has 1 aromatic heterocycles. The Kier molecular flexibility index (Phi) is 3.13. The van der Waals surface area contributed by atoms with Gasteiger partial charge < -0.3 is 9.73 Å². The van der Waals surface area contributed by atoms with Crippen molar-refractivity contribution in [3.63, 3.8) is 0 Å². The lowest BCUT2D eigenvalue weighted by Gasteiger charge is -2.06. The van der Waals surface area contributed by atoms with Gasteiger partial charge in [0.25, 0.3) is 0 Å². The molecule has 1 aromatic carbocycles. The zero-order valence-electron chi connectivity index (χ0n) is 8.40. The molecule has 2 aromatic rings. The third-order valence-corrected chi connectivity index (χ3v) is 2.37. The molecular weight excluding hydrogens is 224 g/mol. The molecule has 2 rings (SSSR count). The second kappa shape index (κ2) is 4.73. The van der Waals surface area contributed by atoms with E-state index in [1.165, 1.54) is 0 Å². The van der Waals surface area contributed by atoms with E-state index in [-0.39, 0.29) is 0 Å². The van der Waals surface area contributed by atoms with Crippen molar-refractivity contribution >= 4 is 17.3 Å². The Morgan fingerprint density at radius 1 is 1.38 bits per heavy atom. The second-order valence-corrected chi connectivity index (χ2v) is 3.67. The summed E-state index contributed by atoms with van der Waals surface area (Å²) in [4.78, 5) is 0. The molecule has 0 amide bonds. The molecule has 1 heterocycles. The standard InChI is InChI=1S/C12H9ClN2O/c13-10-4-3-9(7-14)12(6-10)15-8-11-2-1-5-16-11/h1-6,15H,8H2. The molecule has 0 aliphatic carbocycles. The molecule has 0 saturated heterocycles. The first-order valence-electron chi connectivity index (χ1n) is 4.75. The summed E-state index contributed by atoms with van der Waals surface area (Å²) in [6.45, 7) is 0.530. The van der Waals surface area contributed by atoms with Crippen LogP contribution in [0.1, 0.15) is 11.3 Å². The normalized spacial score (nSPS) is 9.75. The summed E-state index contributed by atoms with van der Waals surface area (Å²) in [5.41, 5.74) is 1.28. The van der Waals surface area contributed by atoms with Gasteiger partial charge >= 0.3 is 0 Å². The molecule has 80 valence electrons. The number of nitrogens with zero attached hydrogens (tertiary/aromatic N) is 1. The molecule has 0 unspecified atom stereocenters. The number of hydrogen-bond donors (Lipinski definition) is 1. The van der Waals surface area contributed by atoms with Crippen molar-refractivity contribution in [3.05, 3.63) is 52.9 Å².